The zero-order valence-electron chi connectivity index (χ0n) is 13.6. The fourth-order valence-electron chi connectivity index (χ4n) is 2.48. The van der Waals surface area contributed by atoms with E-state index < -0.39 is 0 Å². The number of aryl methyl sites for hydroxylation is 1. The van der Waals surface area contributed by atoms with Crippen LogP contribution in [0.1, 0.15) is 63.0 Å². The SMILES string of the molecule is CCCCCCCC(=O)Cc1ccc(CCC[N+](=O)[O-])cc1. The van der Waals surface area contributed by atoms with Crippen molar-refractivity contribution in [2.45, 2.75) is 64.7 Å². The number of Topliss-reactive ketones (excluding diaryl/α,β-unsaturated/α-hetero) is 1. The molecule has 0 aromatic heterocycles. The lowest BCUT2D eigenvalue weighted by Crippen LogP contribution is -2.03. The number of carbonyl (C=O) groups excluding carboxylic acids is 1. The van der Waals surface area contributed by atoms with Gasteiger partial charge in [-0.2, -0.15) is 0 Å². The van der Waals surface area contributed by atoms with Gasteiger partial charge in [0.25, 0.3) is 0 Å². The van der Waals surface area contributed by atoms with Crippen molar-refractivity contribution in [3.63, 3.8) is 0 Å². The molecule has 4 nitrogen and oxygen atoms in total. The molecular formula is C18H27NO3. The molecule has 0 atom stereocenters. The van der Waals surface area contributed by atoms with Gasteiger partial charge in [-0.1, -0.05) is 56.9 Å². The molecule has 1 aromatic rings. The highest BCUT2D eigenvalue weighted by molar-refractivity contribution is 5.80. The molecule has 1 aromatic carbocycles. The van der Waals surface area contributed by atoms with Crippen molar-refractivity contribution >= 4 is 5.78 Å². The standard InChI is InChI=1S/C18H27NO3/c1-2-3-4-5-6-9-18(20)15-17-12-10-16(11-13-17)8-7-14-19(21)22/h10-13H,2-9,14-15H2,1H3. The number of nitrogens with zero attached hydrogens (tertiary/aromatic N) is 1. The summed E-state index contributed by atoms with van der Waals surface area (Å²) in [5.74, 6) is 0.303. The van der Waals surface area contributed by atoms with Gasteiger partial charge in [-0.05, 0) is 24.0 Å². The molecule has 0 saturated carbocycles. The summed E-state index contributed by atoms with van der Waals surface area (Å²) in [7, 11) is 0. The average Bonchev–Trinajstić information content (AvgIpc) is 2.48. The average molecular weight is 305 g/mol. The van der Waals surface area contributed by atoms with Gasteiger partial charge >= 0.3 is 0 Å². The van der Waals surface area contributed by atoms with Gasteiger partial charge < -0.3 is 0 Å². The molecular weight excluding hydrogens is 278 g/mol. The van der Waals surface area contributed by atoms with Crippen molar-refractivity contribution in [3.05, 3.63) is 45.5 Å². The van der Waals surface area contributed by atoms with Crippen molar-refractivity contribution < 1.29 is 9.72 Å². The van der Waals surface area contributed by atoms with Gasteiger partial charge in [0.15, 0.2) is 0 Å². The molecule has 0 amide bonds. The number of nitro groups is 1. The number of carbonyl (C=O) groups is 1. The molecule has 0 aliphatic rings. The summed E-state index contributed by atoms with van der Waals surface area (Å²) < 4.78 is 0. The molecule has 122 valence electrons. The summed E-state index contributed by atoms with van der Waals surface area (Å²) in [6, 6.07) is 7.89. The summed E-state index contributed by atoms with van der Waals surface area (Å²) in [5.41, 5.74) is 2.13. The second kappa shape index (κ2) is 10.9. The van der Waals surface area contributed by atoms with E-state index in [-0.39, 0.29) is 11.5 Å². The Labute approximate surface area is 133 Å². The van der Waals surface area contributed by atoms with Crippen LogP contribution in [-0.4, -0.2) is 17.3 Å². The van der Waals surface area contributed by atoms with Gasteiger partial charge in [0.1, 0.15) is 5.78 Å². The molecule has 0 spiro atoms. The Kier molecular flexibility index (Phi) is 9.12. The quantitative estimate of drug-likeness (QED) is 0.327. The highest BCUT2D eigenvalue weighted by Gasteiger charge is 2.04. The van der Waals surface area contributed by atoms with Crippen LogP contribution in [0.25, 0.3) is 0 Å². The summed E-state index contributed by atoms with van der Waals surface area (Å²) >= 11 is 0. The Morgan fingerprint density at radius 1 is 1.00 bits per heavy atom. The Morgan fingerprint density at radius 2 is 1.64 bits per heavy atom. The van der Waals surface area contributed by atoms with E-state index >= 15 is 0 Å². The number of unbranched alkanes of at least 4 members (excludes halogenated alkanes) is 4. The van der Waals surface area contributed by atoms with Crippen LogP contribution < -0.4 is 0 Å². The van der Waals surface area contributed by atoms with E-state index in [1.165, 1.54) is 19.3 Å². The Bertz CT molecular complexity index is 454. The van der Waals surface area contributed by atoms with Crippen molar-refractivity contribution in [2.75, 3.05) is 6.54 Å². The minimum Gasteiger partial charge on any atom is -0.299 e. The number of hydrogen-bond acceptors (Lipinski definition) is 3. The molecule has 0 unspecified atom stereocenters. The largest absolute Gasteiger partial charge is 0.299 e. The van der Waals surface area contributed by atoms with E-state index in [0.717, 1.165) is 24.0 Å². The normalized spacial score (nSPS) is 10.6. The van der Waals surface area contributed by atoms with Gasteiger partial charge in [0, 0.05) is 24.2 Å². The van der Waals surface area contributed by atoms with Crippen LogP contribution in [0.5, 0.6) is 0 Å². The van der Waals surface area contributed by atoms with Gasteiger partial charge in [-0.3, -0.25) is 14.9 Å². The molecule has 0 heterocycles. The fourth-order valence-corrected chi connectivity index (χ4v) is 2.48. The molecule has 0 fully saturated rings. The first-order valence-corrected chi connectivity index (χ1v) is 8.33. The lowest BCUT2D eigenvalue weighted by atomic mass is 10.0. The van der Waals surface area contributed by atoms with Gasteiger partial charge in [0.05, 0.1) is 0 Å². The van der Waals surface area contributed by atoms with Crippen molar-refractivity contribution in [1.82, 2.24) is 0 Å². The molecule has 0 N–H and O–H groups in total. The lowest BCUT2D eigenvalue weighted by Gasteiger charge is -2.04. The van der Waals surface area contributed by atoms with Crippen molar-refractivity contribution in [1.29, 1.82) is 0 Å². The topological polar surface area (TPSA) is 60.2 Å². The second-order valence-electron chi connectivity index (χ2n) is 5.86. The summed E-state index contributed by atoms with van der Waals surface area (Å²) in [6.07, 6.45) is 8.30. The summed E-state index contributed by atoms with van der Waals surface area (Å²) in [4.78, 5) is 21.9. The molecule has 1 rings (SSSR count). The monoisotopic (exact) mass is 305 g/mol. The maximum absolute atomic E-state index is 11.9. The van der Waals surface area contributed by atoms with Crippen LogP contribution in [0.2, 0.25) is 0 Å². The zero-order valence-corrected chi connectivity index (χ0v) is 13.6. The van der Waals surface area contributed by atoms with Crippen LogP contribution in [-0.2, 0) is 17.6 Å². The maximum atomic E-state index is 11.9. The predicted octanol–water partition coefficient (Wildman–Crippen LogP) is 4.37. The Morgan fingerprint density at radius 3 is 2.27 bits per heavy atom. The van der Waals surface area contributed by atoms with Crippen LogP contribution in [0.3, 0.4) is 0 Å². The van der Waals surface area contributed by atoms with Crippen LogP contribution in [0.15, 0.2) is 24.3 Å². The zero-order chi connectivity index (χ0) is 16.2. The number of hydrogen-bond donors (Lipinski definition) is 0. The summed E-state index contributed by atoms with van der Waals surface area (Å²) in [5, 5.41) is 10.3. The number of rotatable bonds is 12. The van der Waals surface area contributed by atoms with E-state index in [0.29, 0.717) is 31.5 Å². The third-order valence-corrected chi connectivity index (χ3v) is 3.79. The minimum atomic E-state index is -0.284. The smallest absolute Gasteiger partial charge is 0.204 e. The molecule has 0 aliphatic heterocycles. The van der Waals surface area contributed by atoms with Gasteiger partial charge in [-0.25, -0.2) is 0 Å². The molecule has 0 aliphatic carbocycles. The predicted molar refractivity (Wildman–Crippen MR) is 88.7 cm³/mol. The number of ketones is 1. The van der Waals surface area contributed by atoms with Crippen molar-refractivity contribution in [3.8, 4) is 0 Å². The maximum Gasteiger partial charge on any atom is 0.204 e. The van der Waals surface area contributed by atoms with E-state index in [9.17, 15) is 14.9 Å². The number of benzene rings is 1. The van der Waals surface area contributed by atoms with Gasteiger partial charge in [-0.15, -0.1) is 0 Å². The Hall–Kier alpha value is -1.71. The Balaban J connectivity index is 2.25. The molecule has 0 saturated heterocycles. The van der Waals surface area contributed by atoms with Gasteiger partial charge in [0.2, 0.25) is 6.54 Å². The molecule has 22 heavy (non-hydrogen) atoms. The first-order valence-electron chi connectivity index (χ1n) is 8.33. The third kappa shape index (κ3) is 8.55. The van der Waals surface area contributed by atoms with Crippen LogP contribution in [0.4, 0.5) is 0 Å². The van der Waals surface area contributed by atoms with E-state index in [2.05, 4.69) is 6.92 Å². The highest BCUT2D eigenvalue weighted by atomic mass is 16.6. The highest BCUT2D eigenvalue weighted by Crippen LogP contribution is 2.11. The van der Waals surface area contributed by atoms with Crippen LogP contribution >= 0.6 is 0 Å². The van der Waals surface area contributed by atoms with E-state index in [1.54, 1.807) is 0 Å². The van der Waals surface area contributed by atoms with E-state index in [4.69, 9.17) is 0 Å². The van der Waals surface area contributed by atoms with Crippen LogP contribution in [0, 0.1) is 10.1 Å². The molecule has 0 bridgehead atoms. The fraction of sp³-hybridized carbons (Fsp3) is 0.611. The lowest BCUT2D eigenvalue weighted by molar-refractivity contribution is -0.480. The minimum absolute atomic E-state index is 0.0122. The molecule has 0 radical (unpaired) electrons. The first-order chi connectivity index (χ1) is 10.6. The summed E-state index contributed by atoms with van der Waals surface area (Å²) in [6.45, 7) is 2.20. The second-order valence-corrected chi connectivity index (χ2v) is 5.86. The van der Waals surface area contributed by atoms with Crippen molar-refractivity contribution in [2.24, 2.45) is 0 Å². The van der Waals surface area contributed by atoms with E-state index in [1.807, 2.05) is 24.3 Å². The first kappa shape index (κ1) is 18.3. The molecule has 4 heteroatoms. The third-order valence-electron chi connectivity index (χ3n) is 3.79.